The molecule has 138 valence electrons. The van der Waals surface area contributed by atoms with E-state index in [2.05, 4.69) is 15.0 Å². The summed E-state index contributed by atoms with van der Waals surface area (Å²) < 4.78 is 43.8. The average Bonchev–Trinajstić information content (AvgIpc) is 3.03. The molecule has 0 fully saturated rings. The highest BCUT2D eigenvalue weighted by molar-refractivity contribution is 7.89. The van der Waals surface area contributed by atoms with Crippen LogP contribution in [0.5, 0.6) is 5.88 Å². The van der Waals surface area contributed by atoms with Gasteiger partial charge in [-0.3, -0.25) is 0 Å². The number of ether oxygens (including phenoxy) is 1. The Hall–Kier alpha value is -3.11. The normalized spacial score (nSPS) is 12.0. The van der Waals surface area contributed by atoms with E-state index in [1.807, 2.05) is 10.6 Å². The van der Waals surface area contributed by atoms with Crippen LogP contribution in [0.3, 0.4) is 0 Å². The number of benzene rings is 1. The molecule has 0 atom stereocenters. The maximum Gasteiger partial charge on any atom is 0.240 e. The molecule has 3 heterocycles. The van der Waals surface area contributed by atoms with Crippen molar-refractivity contribution in [2.24, 2.45) is 5.14 Å². The van der Waals surface area contributed by atoms with E-state index in [4.69, 9.17) is 9.88 Å². The number of hydrogen-bond donors (Lipinski definition) is 1. The van der Waals surface area contributed by atoms with E-state index >= 15 is 0 Å². The summed E-state index contributed by atoms with van der Waals surface area (Å²) in [6.07, 6.45) is 3.22. The number of imidazole rings is 1. The fourth-order valence-corrected chi connectivity index (χ4v) is 3.51. The molecule has 2 N–H and O–H groups in total. The number of fused-ring (bicyclic) bond motifs is 3. The molecule has 0 amide bonds. The Bertz CT molecular complexity index is 1290. The number of pyridine rings is 2. The fraction of sp³-hybridized carbons (Fsp3) is 0.118. The van der Waals surface area contributed by atoms with Crippen LogP contribution < -0.4 is 9.88 Å². The zero-order chi connectivity index (χ0) is 19.2. The van der Waals surface area contributed by atoms with Gasteiger partial charge in [0.25, 0.3) is 0 Å². The topological polar surface area (TPSA) is 113 Å². The molecular weight excluding hydrogens is 373 g/mol. The molecule has 0 aliphatic carbocycles. The predicted molar refractivity (Wildman–Crippen MR) is 96.3 cm³/mol. The van der Waals surface area contributed by atoms with E-state index < -0.39 is 20.7 Å². The van der Waals surface area contributed by atoms with Gasteiger partial charge in [0.15, 0.2) is 5.65 Å². The summed E-state index contributed by atoms with van der Waals surface area (Å²) in [5.74, 6) is -0.446. The van der Waals surface area contributed by atoms with Crippen molar-refractivity contribution in [3.8, 4) is 5.88 Å². The van der Waals surface area contributed by atoms with Gasteiger partial charge in [-0.05, 0) is 23.8 Å². The Labute approximate surface area is 153 Å². The Morgan fingerprint density at radius 1 is 1.22 bits per heavy atom. The van der Waals surface area contributed by atoms with Gasteiger partial charge in [0.05, 0.1) is 25.2 Å². The third-order valence-electron chi connectivity index (χ3n) is 4.14. The largest absolute Gasteiger partial charge is 0.481 e. The molecule has 8 nitrogen and oxygen atoms in total. The highest BCUT2D eigenvalue weighted by Crippen LogP contribution is 2.25. The molecule has 0 saturated heterocycles. The van der Waals surface area contributed by atoms with E-state index in [0.29, 0.717) is 22.6 Å². The van der Waals surface area contributed by atoms with Gasteiger partial charge in [-0.2, -0.15) is 4.98 Å². The van der Waals surface area contributed by atoms with Crippen molar-refractivity contribution in [2.45, 2.75) is 11.4 Å². The van der Waals surface area contributed by atoms with Crippen molar-refractivity contribution in [2.75, 3.05) is 7.11 Å². The van der Waals surface area contributed by atoms with Crippen molar-refractivity contribution >= 4 is 32.1 Å². The number of sulfonamides is 1. The number of primary sulfonamides is 1. The molecule has 0 radical (unpaired) electrons. The van der Waals surface area contributed by atoms with Crippen LogP contribution >= 0.6 is 0 Å². The number of halogens is 1. The highest BCUT2D eigenvalue weighted by atomic mass is 32.2. The Morgan fingerprint density at radius 2 is 2.04 bits per heavy atom. The maximum absolute atomic E-state index is 14.1. The molecule has 4 aromatic rings. The lowest BCUT2D eigenvalue weighted by molar-refractivity contribution is 0.399. The van der Waals surface area contributed by atoms with E-state index in [0.717, 1.165) is 23.0 Å². The molecule has 0 bridgehead atoms. The highest BCUT2D eigenvalue weighted by Gasteiger charge is 2.16. The summed E-state index contributed by atoms with van der Waals surface area (Å²) in [6.45, 7) is 0.281. The Balaban J connectivity index is 1.81. The van der Waals surface area contributed by atoms with Crippen LogP contribution in [-0.2, 0) is 16.6 Å². The second-order valence-electron chi connectivity index (χ2n) is 5.90. The summed E-state index contributed by atoms with van der Waals surface area (Å²) in [5, 5.41) is 5.77. The van der Waals surface area contributed by atoms with Gasteiger partial charge < -0.3 is 9.30 Å². The quantitative estimate of drug-likeness (QED) is 0.571. The van der Waals surface area contributed by atoms with E-state index in [9.17, 15) is 12.8 Å². The van der Waals surface area contributed by atoms with Crippen molar-refractivity contribution < 1.29 is 17.5 Å². The van der Waals surface area contributed by atoms with Crippen LogP contribution in [-0.4, -0.2) is 35.0 Å². The first kappa shape index (κ1) is 17.3. The number of aromatic nitrogens is 4. The molecule has 0 saturated carbocycles. The van der Waals surface area contributed by atoms with Crippen LogP contribution in [0.1, 0.15) is 5.56 Å². The molecule has 0 aliphatic rings. The number of nitrogens with two attached hydrogens (primary N) is 1. The molecule has 0 unspecified atom stereocenters. The summed E-state index contributed by atoms with van der Waals surface area (Å²) >= 11 is 0. The van der Waals surface area contributed by atoms with Crippen molar-refractivity contribution in [3.63, 3.8) is 0 Å². The standard InChI is InChI=1S/C17H14FN5O3S/c1-26-15-5-3-11-16-13(7-20-17(11)22-15)21-9-23(16)8-10-2-4-14(12(18)6-10)27(19,24)25/h2-7,9H,8H2,1H3,(H2,19,24,25). The van der Waals surface area contributed by atoms with E-state index in [1.165, 1.54) is 13.2 Å². The van der Waals surface area contributed by atoms with Gasteiger partial charge in [0, 0.05) is 18.0 Å². The lowest BCUT2D eigenvalue weighted by Crippen LogP contribution is -2.14. The molecule has 0 spiro atoms. The van der Waals surface area contributed by atoms with Crippen molar-refractivity contribution in [1.29, 1.82) is 0 Å². The van der Waals surface area contributed by atoms with Crippen LogP contribution in [0.4, 0.5) is 4.39 Å². The zero-order valence-corrected chi connectivity index (χ0v) is 14.9. The second kappa shape index (κ2) is 6.25. The number of hydrogen-bond acceptors (Lipinski definition) is 6. The molecule has 3 aromatic heterocycles. The second-order valence-corrected chi connectivity index (χ2v) is 7.43. The van der Waals surface area contributed by atoms with Crippen LogP contribution in [0.25, 0.3) is 22.1 Å². The number of rotatable bonds is 4. The van der Waals surface area contributed by atoms with Gasteiger partial charge in [-0.1, -0.05) is 6.07 Å². The summed E-state index contributed by atoms with van der Waals surface area (Å²) in [4.78, 5) is 12.4. The SMILES string of the molecule is COc1ccc2c(ncc3ncn(Cc4ccc(S(N)(=O)=O)c(F)c4)c32)n1. The van der Waals surface area contributed by atoms with Gasteiger partial charge in [0.1, 0.15) is 16.2 Å². The molecule has 10 heteroatoms. The summed E-state index contributed by atoms with van der Waals surface area (Å²) in [6, 6.07) is 7.38. The first-order valence-corrected chi connectivity index (χ1v) is 9.37. The summed E-state index contributed by atoms with van der Waals surface area (Å²) in [7, 11) is -2.58. The van der Waals surface area contributed by atoms with Crippen LogP contribution in [0.15, 0.2) is 47.8 Å². The molecule has 27 heavy (non-hydrogen) atoms. The van der Waals surface area contributed by atoms with Gasteiger partial charge in [0.2, 0.25) is 15.9 Å². The first-order valence-electron chi connectivity index (χ1n) is 7.82. The Kier molecular flexibility index (Phi) is 4.01. The fourth-order valence-electron chi connectivity index (χ4n) is 2.93. The first-order chi connectivity index (χ1) is 12.9. The predicted octanol–water partition coefficient (Wildman–Crippen LogP) is 1.82. The van der Waals surface area contributed by atoms with Crippen LogP contribution in [0, 0.1) is 5.82 Å². The Morgan fingerprint density at radius 3 is 2.74 bits per heavy atom. The minimum Gasteiger partial charge on any atom is -0.481 e. The maximum atomic E-state index is 14.1. The van der Waals surface area contributed by atoms with Crippen molar-refractivity contribution in [3.05, 3.63) is 54.2 Å². The molecule has 1 aromatic carbocycles. The van der Waals surface area contributed by atoms with Crippen LogP contribution in [0.2, 0.25) is 0 Å². The third kappa shape index (κ3) is 3.09. The van der Waals surface area contributed by atoms with Crippen molar-refractivity contribution in [1.82, 2.24) is 19.5 Å². The van der Waals surface area contributed by atoms with Gasteiger partial charge in [-0.25, -0.2) is 27.9 Å². The zero-order valence-electron chi connectivity index (χ0n) is 14.1. The van der Waals surface area contributed by atoms with E-state index in [1.54, 1.807) is 18.6 Å². The molecule has 0 aliphatic heterocycles. The molecular formula is C17H14FN5O3S. The minimum atomic E-state index is -4.10. The molecule has 4 rings (SSSR count). The van der Waals surface area contributed by atoms with E-state index in [-0.39, 0.29) is 6.54 Å². The lowest BCUT2D eigenvalue weighted by atomic mass is 10.2. The summed E-state index contributed by atoms with van der Waals surface area (Å²) in [5.41, 5.74) is 2.51. The minimum absolute atomic E-state index is 0.281. The number of nitrogens with zero attached hydrogens (tertiary/aromatic N) is 4. The average molecular weight is 387 g/mol. The van der Waals surface area contributed by atoms with Gasteiger partial charge in [-0.15, -0.1) is 0 Å². The third-order valence-corrected chi connectivity index (χ3v) is 5.09. The monoisotopic (exact) mass is 387 g/mol. The lowest BCUT2D eigenvalue weighted by Gasteiger charge is -2.08. The number of methoxy groups -OCH3 is 1. The smallest absolute Gasteiger partial charge is 0.240 e. The van der Waals surface area contributed by atoms with Gasteiger partial charge >= 0.3 is 0 Å².